The number of methoxy groups -OCH3 is 1. The van der Waals surface area contributed by atoms with Crippen LogP contribution in [0.4, 0.5) is 0 Å². The fourth-order valence-electron chi connectivity index (χ4n) is 3.60. The molecule has 0 amide bonds. The van der Waals surface area contributed by atoms with E-state index in [9.17, 15) is 4.79 Å². The molecule has 0 spiro atoms. The fraction of sp³-hybridized carbons (Fsp3) is 0.688. The normalized spacial score (nSPS) is 31.8. The molecule has 100 valence electrons. The highest BCUT2D eigenvalue weighted by Gasteiger charge is 2.34. The van der Waals surface area contributed by atoms with Crippen molar-refractivity contribution in [1.82, 2.24) is 0 Å². The zero-order valence-electron chi connectivity index (χ0n) is 11.8. The first kappa shape index (κ1) is 13.4. The van der Waals surface area contributed by atoms with Crippen LogP contribution in [0.5, 0.6) is 0 Å². The van der Waals surface area contributed by atoms with Gasteiger partial charge in [-0.05, 0) is 56.8 Å². The summed E-state index contributed by atoms with van der Waals surface area (Å²) in [6.07, 6.45) is 5.83. The summed E-state index contributed by atoms with van der Waals surface area (Å²) in [4.78, 5) is 11.6. The van der Waals surface area contributed by atoms with Gasteiger partial charge in [0.05, 0.1) is 7.11 Å². The molecule has 2 aliphatic rings. The highest BCUT2D eigenvalue weighted by atomic mass is 16.5. The predicted octanol–water partition coefficient (Wildman–Crippen LogP) is 3.88. The van der Waals surface area contributed by atoms with E-state index in [-0.39, 0.29) is 11.9 Å². The van der Waals surface area contributed by atoms with Gasteiger partial charge >= 0.3 is 5.97 Å². The number of allylic oxidation sites excluding steroid dienone is 2. The first-order valence-electron chi connectivity index (χ1n) is 7.00. The highest BCUT2D eigenvalue weighted by molar-refractivity contribution is 5.88. The van der Waals surface area contributed by atoms with E-state index in [0.29, 0.717) is 5.57 Å². The maximum absolute atomic E-state index is 11.6. The van der Waals surface area contributed by atoms with Gasteiger partial charge in [0.2, 0.25) is 0 Å². The number of carbonyl (C=O) groups excluding carboxylic acids is 1. The summed E-state index contributed by atoms with van der Waals surface area (Å²) in [5.74, 6) is 1.55. The maximum atomic E-state index is 11.6. The molecule has 0 bridgehead atoms. The van der Waals surface area contributed by atoms with Gasteiger partial charge in [-0.2, -0.15) is 0 Å². The number of esters is 1. The van der Waals surface area contributed by atoms with E-state index in [1.807, 2.05) is 0 Å². The molecule has 2 heteroatoms. The molecule has 0 heterocycles. The third-order valence-electron chi connectivity index (χ3n) is 4.89. The summed E-state index contributed by atoms with van der Waals surface area (Å²) >= 11 is 0. The van der Waals surface area contributed by atoms with Crippen LogP contribution in [0.25, 0.3) is 0 Å². The Bertz CT molecular complexity index is 392. The number of hydrogen-bond donors (Lipinski definition) is 0. The lowest BCUT2D eigenvalue weighted by Crippen LogP contribution is -2.14. The van der Waals surface area contributed by atoms with Gasteiger partial charge in [0, 0.05) is 5.57 Å². The van der Waals surface area contributed by atoms with Crippen LogP contribution in [0.1, 0.15) is 46.0 Å². The largest absolute Gasteiger partial charge is 0.466 e. The zero-order valence-corrected chi connectivity index (χ0v) is 11.8. The Kier molecular flexibility index (Phi) is 3.94. The Morgan fingerprint density at radius 3 is 2.72 bits per heavy atom. The predicted molar refractivity (Wildman–Crippen MR) is 73.1 cm³/mol. The van der Waals surface area contributed by atoms with Crippen LogP contribution in [0.3, 0.4) is 0 Å². The SMILES string of the molecule is C=C(C(=O)OC)C1CCC(C)C2CCC(C)=C2C1. The van der Waals surface area contributed by atoms with E-state index in [0.717, 1.165) is 24.7 Å². The summed E-state index contributed by atoms with van der Waals surface area (Å²) in [6, 6.07) is 0. The number of rotatable bonds is 2. The van der Waals surface area contributed by atoms with Gasteiger partial charge in [-0.25, -0.2) is 4.79 Å². The third-order valence-corrected chi connectivity index (χ3v) is 4.89. The lowest BCUT2D eigenvalue weighted by Gasteiger charge is -2.19. The van der Waals surface area contributed by atoms with E-state index < -0.39 is 0 Å². The molecule has 0 aromatic carbocycles. The van der Waals surface area contributed by atoms with Crippen molar-refractivity contribution < 1.29 is 9.53 Å². The van der Waals surface area contributed by atoms with Crippen molar-refractivity contribution in [3.05, 3.63) is 23.3 Å². The highest BCUT2D eigenvalue weighted by Crippen LogP contribution is 2.46. The summed E-state index contributed by atoms with van der Waals surface area (Å²) in [5, 5.41) is 0. The average molecular weight is 248 g/mol. The van der Waals surface area contributed by atoms with E-state index in [1.165, 1.54) is 26.4 Å². The second-order valence-electron chi connectivity index (χ2n) is 5.92. The number of fused-ring (bicyclic) bond motifs is 1. The zero-order chi connectivity index (χ0) is 13.3. The number of carbonyl (C=O) groups is 1. The minimum atomic E-state index is -0.234. The molecular weight excluding hydrogens is 224 g/mol. The second-order valence-corrected chi connectivity index (χ2v) is 5.92. The van der Waals surface area contributed by atoms with Crippen molar-refractivity contribution >= 4 is 5.97 Å². The van der Waals surface area contributed by atoms with E-state index in [2.05, 4.69) is 20.4 Å². The molecule has 3 unspecified atom stereocenters. The Morgan fingerprint density at radius 1 is 1.33 bits per heavy atom. The molecule has 0 N–H and O–H groups in total. The molecular formula is C16H24O2. The lowest BCUT2D eigenvalue weighted by molar-refractivity contribution is -0.136. The van der Waals surface area contributed by atoms with Crippen molar-refractivity contribution in [2.75, 3.05) is 7.11 Å². The van der Waals surface area contributed by atoms with Gasteiger partial charge in [0.25, 0.3) is 0 Å². The minimum absolute atomic E-state index is 0.234. The quantitative estimate of drug-likeness (QED) is 0.421. The van der Waals surface area contributed by atoms with Gasteiger partial charge in [0.15, 0.2) is 0 Å². The van der Waals surface area contributed by atoms with Crippen molar-refractivity contribution in [3.63, 3.8) is 0 Å². The Balaban J connectivity index is 2.19. The smallest absolute Gasteiger partial charge is 0.333 e. The monoisotopic (exact) mass is 248 g/mol. The second kappa shape index (κ2) is 5.29. The molecule has 0 aromatic heterocycles. The van der Waals surface area contributed by atoms with Crippen LogP contribution in [-0.2, 0) is 9.53 Å². The molecule has 18 heavy (non-hydrogen) atoms. The maximum Gasteiger partial charge on any atom is 0.333 e. The Labute approximate surface area is 110 Å². The standard InChI is InChI=1S/C16H24O2/c1-10-5-7-13(12(3)16(17)18-4)9-15-11(2)6-8-14(10)15/h10,13-14H,3,5-9H2,1-2,4H3. The van der Waals surface area contributed by atoms with Crippen molar-refractivity contribution in [2.24, 2.45) is 17.8 Å². The summed E-state index contributed by atoms with van der Waals surface area (Å²) in [7, 11) is 1.44. The summed E-state index contributed by atoms with van der Waals surface area (Å²) < 4.78 is 4.82. The summed E-state index contributed by atoms with van der Waals surface area (Å²) in [5.41, 5.74) is 3.82. The van der Waals surface area contributed by atoms with Crippen LogP contribution >= 0.6 is 0 Å². The Morgan fingerprint density at radius 2 is 2.06 bits per heavy atom. The van der Waals surface area contributed by atoms with Gasteiger partial charge in [-0.1, -0.05) is 24.6 Å². The van der Waals surface area contributed by atoms with Gasteiger partial charge in [0.1, 0.15) is 0 Å². The topological polar surface area (TPSA) is 26.3 Å². The molecule has 2 nitrogen and oxygen atoms in total. The van der Waals surface area contributed by atoms with Crippen LogP contribution < -0.4 is 0 Å². The van der Waals surface area contributed by atoms with Crippen LogP contribution in [0.2, 0.25) is 0 Å². The van der Waals surface area contributed by atoms with Crippen LogP contribution in [0, 0.1) is 17.8 Å². The van der Waals surface area contributed by atoms with Crippen LogP contribution in [0.15, 0.2) is 23.3 Å². The molecule has 3 atom stereocenters. The molecule has 1 saturated carbocycles. The molecule has 1 fully saturated rings. The number of hydrogen-bond acceptors (Lipinski definition) is 2. The van der Waals surface area contributed by atoms with Gasteiger partial charge in [-0.15, -0.1) is 0 Å². The molecule has 2 rings (SSSR count). The third kappa shape index (κ3) is 2.38. The van der Waals surface area contributed by atoms with Crippen molar-refractivity contribution in [3.8, 4) is 0 Å². The van der Waals surface area contributed by atoms with E-state index >= 15 is 0 Å². The average Bonchev–Trinajstić information content (AvgIpc) is 2.64. The first-order valence-corrected chi connectivity index (χ1v) is 7.00. The van der Waals surface area contributed by atoms with Gasteiger partial charge < -0.3 is 4.74 Å². The fourth-order valence-corrected chi connectivity index (χ4v) is 3.60. The molecule has 0 aliphatic heterocycles. The van der Waals surface area contributed by atoms with E-state index in [1.54, 1.807) is 11.1 Å². The molecule has 0 radical (unpaired) electrons. The molecule has 0 saturated heterocycles. The Hall–Kier alpha value is -1.05. The first-order chi connectivity index (χ1) is 8.54. The lowest BCUT2D eigenvalue weighted by atomic mass is 9.86. The number of ether oxygens (including phenoxy) is 1. The van der Waals surface area contributed by atoms with Crippen LogP contribution in [-0.4, -0.2) is 13.1 Å². The minimum Gasteiger partial charge on any atom is -0.466 e. The van der Waals surface area contributed by atoms with Gasteiger partial charge in [-0.3, -0.25) is 0 Å². The summed E-state index contributed by atoms with van der Waals surface area (Å²) in [6.45, 7) is 8.57. The molecule has 2 aliphatic carbocycles. The van der Waals surface area contributed by atoms with Crippen molar-refractivity contribution in [2.45, 2.75) is 46.0 Å². The van der Waals surface area contributed by atoms with E-state index in [4.69, 9.17) is 4.74 Å². The molecule has 0 aromatic rings. The van der Waals surface area contributed by atoms with Crippen molar-refractivity contribution in [1.29, 1.82) is 0 Å².